The van der Waals surface area contributed by atoms with E-state index in [0.29, 0.717) is 35.5 Å². The molecule has 0 saturated carbocycles. The number of aliphatic hydroxyl groups excluding tert-OH is 1. The van der Waals surface area contributed by atoms with Crippen LogP contribution in [0.15, 0.2) is 41.0 Å². The van der Waals surface area contributed by atoms with Gasteiger partial charge in [0.1, 0.15) is 30.3 Å². The Labute approximate surface area is 221 Å². The topological polar surface area (TPSA) is 117 Å². The van der Waals surface area contributed by atoms with Crippen molar-refractivity contribution in [2.75, 3.05) is 19.7 Å². The molecule has 0 bridgehead atoms. The quantitative estimate of drug-likeness (QED) is 0.460. The minimum atomic E-state index is -0.785. The molecule has 9 nitrogen and oxygen atoms in total. The van der Waals surface area contributed by atoms with Gasteiger partial charge in [0.2, 0.25) is 0 Å². The van der Waals surface area contributed by atoms with E-state index < -0.39 is 6.23 Å². The number of hydrogen-bond acceptors (Lipinski definition) is 10. The van der Waals surface area contributed by atoms with E-state index in [1.165, 1.54) is 12.3 Å². The maximum atomic E-state index is 10.5. The first-order valence-corrected chi connectivity index (χ1v) is 13.0. The number of piperidine rings is 1. The molecule has 2 aliphatic heterocycles. The van der Waals surface area contributed by atoms with Gasteiger partial charge in [0.25, 0.3) is 0 Å². The molecule has 3 aromatic rings. The summed E-state index contributed by atoms with van der Waals surface area (Å²) in [5.41, 5.74) is 2.66. The Morgan fingerprint density at radius 3 is 2.89 bits per heavy atom. The summed E-state index contributed by atoms with van der Waals surface area (Å²) in [5, 5.41) is 28.0. The number of nitrogens with zero attached hydrogens (tertiary/aromatic N) is 6. The molecule has 1 saturated heterocycles. The van der Waals surface area contributed by atoms with Gasteiger partial charge >= 0.3 is 6.01 Å². The summed E-state index contributed by atoms with van der Waals surface area (Å²) >= 11 is 14.1. The Morgan fingerprint density at radius 1 is 1.25 bits per heavy atom. The number of benzene rings is 1. The molecule has 1 fully saturated rings. The van der Waals surface area contributed by atoms with E-state index in [2.05, 4.69) is 15.1 Å². The second-order valence-electron chi connectivity index (χ2n) is 8.51. The number of ether oxygens (including phenoxy) is 1. The van der Waals surface area contributed by atoms with Crippen LogP contribution in [0.1, 0.15) is 53.2 Å². The van der Waals surface area contributed by atoms with Crippen molar-refractivity contribution in [3.8, 4) is 12.1 Å². The fourth-order valence-electron chi connectivity index (χ4n) is 4.24. The van der Waals surface area contributed by atoms with Gasteiger partial charge in [-0.25, -0.2) is 9.97 Å². The molecule has 12 heteroatoms. The van der Waals surface area contributed by atoms with Crippen LogP contribution in [0.4, 0.5) is 0 Å². The minimum Gasteiger partial charge on any atom is -0.459 e. The number of halogens is 2. The van der Waals surface area contributed by atoms with Crippen molar-refractivity contribution in [3.05, 3.63) is 67.8 Å². The zero-order chi connectivity index (χ0) is 25.1. The van der Waals surface area contributed by atoms with Crippen LogP contribution < -0.4 is 4.74 Å². The summed E-state index contributed by atoms with van der Waals surface area (Å²) in [6.07, 6.45) is 2.71. The Hall–Kier alpha value is -2.81. The van der Waals surface area contributed by atoms with Crippen molar-refractivity contribution in [1.29, 1.82) is 5.26 Å². The van der Waals surface area contributed by atoms with Gasteiger partial charge in [-0.2, -0.15) is 10.2 Å². The number of aromatic nitrogens is 3. The van der Waals surface area contributed by atoms with E-state index in [1.807, 2.05) is 22.4 Å². The maximum absolute atomic E-state index is 10.5. The van der Waals surface area contributed by atoms with Gasteiger partial charge in [-0.05, 0) is 37.1 Å². The molecule has 5 rings (SSSR count). The van der Waals surface area contributed by atoms with Gasteiger partial charge < -0.3 is 14.7 Å². The molecule has 1 aromatic carbocycles. The molecule has 1 N–H and O–H groups in total. The predicted molar refractivity (Wildman–Crippen MR) is 135 cm³/mol. The molecule has 186 valence electrons. The van der Waals surface area contributed by atoms with Crippen molar-refractivity contribution in [2.45, 2.75) is 37.5 Å². The highest BCUT2D eigenvalue weighted by Gasteiger charge is 2.30. The van der Waals surface area contributed by atoms with Crippen LogP contribution in [0.2, 0.25) is 10.0 Å². The first-order chi connectivity index (χ1) is 17.5. The van der Waals surface area contributed by atoms with E-state index in [1.54, 1.807) is 23.5 Å². The van der Waals surface area contributed by atoms with Crippen molar-refractivity contribution >= 4 is 40.3 Å². The van der Waals surface area contributed by atoms with E-state index in [9.17, 15) is 5.11 Å². The third-order valence-electron chi connectivity index (χ3n) is 6.20. The summed E-state index contributed by atoms with van der Waals surface area (Å²) in [4.78, 5) is 20.4. The third kappa shape index (κ3) is 5.61. The van der Waals surface area contributed by atoms with E-state index in [4.69, 9.17) is 43.0 Å². The fraction of sp³-hybridized carbons (Fsp3) is 0.375. The molecule has 36 heavy (non-hydrogen) atoms. The smallest absolute Gasteiger partial charge is 0.317 e. The molecule has 2 unspecified atom stereocenters. The normalized spacial score (nSPS) is 19.4. The lowest BCUT2D eigenvalue weighted by molar-refractivity contribution is -0.0408. The SMILES string of the molecule is N#Cc1ccnc(OCC(O)N2CCC(c3nc(C4=NOC(c5cc(Cl)ccc5Cl)C4)cs3)CC2)n1. The third-order valence-corrected chi connectivity index (χ3v) is 7.79. The second kappa shape index (κ2) is 11.1. The lowest BCUT2D eigenvalue weighted by Crippen LogP contribution is -2.44. The number of nitriles is 1. The minimum absolute atomic E-state index is 0.0264. The largest absolute Gasteiger partial charge is 0.459 e. The van der Waals surface area contributed by atoms with Crippen LogP contribution in [-0.4, -0.2) is 56.6 Å². The standard InChI is InChI=1S/C24H22Cl2N6O3S/c25-15-1-2-18(26)17(9-15)21-10-19(31-35-21)20-13-36-23(30-20)14-4-7-32(8-5-14)22(33)12-34-24-28-6-3-16(11-27)29-24/h1-3,6,9,13-14,21-22,33H,4-5,7-8,10,12H2. The highest BCUT2D eigenvalue weighted by molar-refractivity contribution is 7.10. The summed E-state index contributed by atoms with van der Waals surface area (Å²) < 4.78 is 5.47. The number of aliphatic hydroxyl groups is 1. The Balaban J connectivity index is 1.13. The van der Waals surface area contributed by atoms with Gasteiger partial charge in [0.05, 0.1) is 10.7 Å². The second-order valence-corrected chi connectivity index (χ2v) is 10.2. The lowest BCUT2D eigenvalue weighted by atomic mass is 9.97. The van der Waals surface area contributed by atoms with E-state index in [0.717, 1.165) is 34.8 Å². The van der Waals surface area contributed by atoms with Crippen molar-refractivity contribution in [1.82, 2.24) is 19.9 Å². The Morgan fingerprint density at radius 2 is 2.08 bits per heavy atom. The molecule has 2 aliphatic rings. The summed E-state index contributed by atoms with van der Waals surface area (Å²) in [6.45, 7) is 1.45. The van der Waals surface area contributed by atoms with Crippen LogP contribution >= 0.6 is 34.5 Å². The fourth-order valence-corrected chi connectivity index (χ4v) is 5.66. The lowest BCUT2D eigenvalue weighted by Gasteiger charge is -2.34. The van der Waals surface area contributed by atoms with Crippen molar-refractivity contribution in [3.63, 3.8) is 0 Å². The Bertz CT molecular complexity index is 1300. The number of rotatable bonds is 7. The van der Waals surface area contributed by atoms with Crippen LogP contribution in [0.25, 0.3) is 0 Å². The number of thiazole rings is 1. The summed E-state index contributed by atoms with van der Waals surface area (Å²) in [7, 11) is 0. The maximum Gasteiger partial charge on any atom is 0.317 e. The molecule has 0 radical (unpaired) electrons. The van der Waals surface area contributed by atoms with E-state index >= 15 is 0 Å². The van der Waals surface area contributed by atoms with Gasteiger partial charge in [-0.3, -0.25) is 4.90 Å². The Kier molecular flexibility index (Phi) is 7.65. The molecule has 0 amide bonds. The van der Waals surface area contributed by atoms with Crippen molar-refractivity contribution < 1.29 is 14.7 Å². The number of oxime groups is 1. The van der Waals surface area contributed by atoms with Gasteiger partial charge in [0, 0.05) is 52.6 Å². The van der Waals surface area contributed by atoms with E-state index in [-0.39, 0.29) is 24.4 Å². The predicted octanol–water partition coefficient (Wildman–Crippen LogP) is 4.55. The number of likely N-dealkylation sites (tertiary alicyclic amines) is 1. The molecule has 0 aliphatic carbocycles. The van der Waals surface area contributed by atoms with Gasteiger partial charge in [0.15, 0.2) is 6.10 Å². The van der Waals surface area contributed by atoms with Crippen LogP contribution in [-0.2, 0) is 4.84 Å². The summed E-state index contributed by atoms with van der Waals surface area (Å²) in [5.74, 6) is 0.310. The van der Waals surface area contributed by atoms with Crippen molar-refractivity contribution in [2.24, 2.45) is 5.16 Å². The zero-order valence-electron chi connectivity index (χ0n) is 19.0. The number of hydrogen-bond donors (Lipinski definition) is 1. The monoisotopic (exact) mass is 544 g/mol. The average Bonchev–Trinajstić information content (AvgIpc) is 3.59. The molecule has 4 heterocycles. The molecule has 0 spiro atoms. The van der Waals surface area contributed by atoms with Crippen LogP contribution in [0.5, 0.6) is 6.01 Å². The average molecular weight is 545 g/mol. The molecular weight excluding hydrogens is 523 g/mol. The molecule has 2 atom stereocenters. The highest BCUT2D eigenvalue weighted by Crippen LogP contribution is 2.36. The summed E-state index contributed by atoms with van der Waals surface area (Å²) in [6, 6.07) is 8.83. The van der Waals surface area contributed by atoms with Crippen LogP contribution in [0.3, 0.4) is 0 Å². The van der Waals surface area contributed by atoms with Gasteiger partial charge in [-0.1, -0.05) is 28.4 Å². The van der Waals surface area contributed by atoms with Gasteiger partial charge in [-0.15, -0.1) is 11.3 Å². The van der Waals surface area contributed by atoms with Crippen LogP contribution in [0, 0.1) is 11.3 Å². The molecule has 2 aromatic heterocycles. The zero-order valence-corrected chi connectivity index (χ0v) is 21.4. The first-order valence-electron chi connectivity index (χ1n) is 11.4. The first kappa shape index (κ1) is 24.9. The highest BCUT2D eigenvalue weighted by atomic mass is 35.5. The molecular formula is C24H22Cl2N6O3S.